The highest BCUT2D eigenvalue weighted by Gasteiger charge is 2.19. The Balaban J connectivity index is 1.52. The van der Waals surface area contributed by atoms with E-state index in [0.717, 1.165) is 37.5 Å². The number of pyridine rings is 1. The number of aromatic nitrogens is 1. The number of carbonyl (C=O) groups is 2. The lowest BCUT2D eigenvalue weighted by Crippen LogP contribution is -2.36. The second-order valence-corrected chi connectivity index (χ2v) is 6.92. The van der Waals surface area contributed by atoms with Crippen molar-refractivity contribution in [1.82, 2.24) is 9.88 Å². The molecular formula is C21H24F2N4O3. The van der Waals surface area contributed by atoms with Gasteiger partial charge in [-0.1, -0.05) is 0 Å². The van der Waals surface area contributed by atoms with Crippen LogP contribution in [0.5, 0.6) is 0 Å². The van der Waals surface area contributed by atoms with E-state index in [-0.39, 0.29) is 18.1 Å². The molecule has 9 heteroatoms. The van der Waals surface area contributed by atoms with Crippen LogP contribution in [0.15, 0.2) is 36.5 Å². The standard InChI is InChI=1S/C21H24F2N4O3/c1-2-30-21(29)15-4-7-19(24-13-15)27-9-3-8-26(10-11-27)14-20(28)25-16-5-6-17(22)18(23)12-16/h4-7,12-13H,2-3,8-11,14H2,1H3,(H,25,28). The summed E-state index contributed by atoms with van der Waals surface area (Å²) < 4.78 is 31.2. The first-order valence-corrected chi connectivity index (χ1v) is 9.81. The first-order valence-electron chi connectivity index (χ1n) is 9.81. The van der Waals surface area contributed by atoms with Gasteiger partial charge in [-0.05, 0) is 37.6 Å². The van der Waals surface area contributed by atoms with Crippen LogP contribution in [0.2, 0.25) is 0 Å². The van der Waals surface area contributed by atoms with E-state index in [2.05, 4.69) is 15.2 Å². The summed E-state index contributed by atoms with van der Waals surface area (Å²) in [7, 11) is 0. The first-order chi connectivity index (χ1) is 14.5. The Hall–Kier alpha value is -3.07. The van der Waals surface area contributed by atoms with Gasteiger partial charge in [-0.3, -0.25) is 9.69 Å². The highest BCUT2D eigenvalue weighted by Crippen LogP contribution is 2.16. The predicted molar refractivity (Wildman–Crippen MR) is 108 cm³/mol. The molecule has 0 bridgehead atoms. The van der Waals surface area contributed by atoms with Crippen molar-refractivity contribution in [1.29, 1.82) is 0 Å². The maximum absolute atomic E-state index is 13.3. The lowest BCUT2D eigenvalue weighted by atomic mass is 10.2. The summed E-state index contributed by atoms with van der Waals surface area (Å²) in [6, 6.07) is 6.75. The number of benzene rings is 1. The number of rotatable bonds is 6. The average molecular weight is 418 g/mol. The van der Waals surface area contributed by atoms with Crippen LogP contribution in [-0.4, -0.2) is 61.1 Å². The van der Waals surface area contributed by atoms with Crippen molar-refractivity contribution >= 4 is 23.4 Å². The number of nitrogens with zero attached hydrogens (tertiary/aromatic N) is 3. The molecule has 1 fully saturated rings. The van der Waals surface area contributed by atoms with E-state index in [1.165, 1.54) is 12.3 Å². The van der Waals surface area contributed by atoms with Crippen molar-refractivity contribution in [3.05, 3.63) is 53.7 Å². The fourth-order valence-corrected chi connectivity index (χ4v) is 3.24. The van der Waals surface area contributed by atoms with E-state index in [1.54, 1.807) is 19.1 Å². The fraction of sp³-hybridized carbons (Fsp3) is 0.381. The van der Waals surface area contributed by atoms with E-state index >= 15 is 0 Å². The number of anilines is 2. The SMILES string of the molecule is CCOC(=O)c1ccc(N2CCCN(CC(=O)Nc3ccc(F)c(F)c3)CC2)nc1. The van der Waals surface area contributed by atoms with Crippen LogP contribution in [0.4, 0.5) is 20.3 Å². The molecule has 30 heavy (non-hydrogen) atoms. The maximum Gasteiger partial charge on any atom is 0.339 e. The Morgan fingerprint density at radius 2 is 1.93 bits per heavy atom. The van der Waals surface area contributed by atoms with E-state index in [1.807, 2.05) is 4.90 Å². The molecule has 0 unspecified atom stereocenters. The minimum absolute atomic E-state index is 0.155. The molecule has 0 spiro atoms. The van der Waals surface area contributed by atoms with Crippen molar-refractivity contribution < 1.29 is 23.1 Å². The minimum Gasteiger partial charge on any atom is -0.462 e. The summed E-state index contributed by atoms with van der Waals surface area (Å²) in [5.74, 6) is -1.88. The molecule has 0 atom stereocenters. The van der Waals surface area contributed by atoms with E-state index in [4.69, 9.17) is 4.74 Å². The monoisotopic (exact) mass is 418 g/mol. The van der Waals surface area contributed by atoms with Crippen LogP contribution in [0.3, 0.4) is 0 Å². The fourth-order valence-electron chi connectivity index (χ4n) is 3.24. The third kappa shape index (κ3) is 5.73. The molecule has 2 heterocycles. The highest BCUT2D eigenvalue weighted by molar-refractivity contribution is 5.92. The third-order valence-corrected chi connectivity index (χ3v) is 4.74. The number of halogens is 2. The van der Waals surface area contributed by atoms with Gasteiger partial charge in [0.15, 0.2) is 11.6 Å². The van der Waals surface area contributed by atoms with Gasteiger partial charge in [0.25, 0.3) is 0 Å². The zero-order valence-electron chi connectivity index (χ0n) is 16.7. The molecule has 1 aliphatic heterocycles. The molecule has 1 aromatic carbocycles. The van der Waals surface area contributed by atoms with Crippen molar-refractivity contribution in [3.63, 3.8) is 0 Å². The van der Waals surface area contributed by atoms with Crippen molar-refractivity contribution in [2.75, 3.05) is 49.5 Å². The molecule has 0 aliphatic carbocycles. The second kappa shape index (κ2) is 10.1. The van der Waals surface area contributed by atoms with E-state index < -0.39 is 17.6 Å². The van der Waals surface area contributed by atoms with Crippen LogP contribution < -0.4 is 10.2 Å². The maximum atomic E-state index is 13.3. The van der Waals surface area contributed by atoms with Gasteiger partial charge in [0, 0.05) is 44.1 Å². The van der Waals surface area contributed by atoms with Gasteiger partial charge in [0.1, 0.15) is 5.82 Å². The molecule has 1 N–H and O–H groups in total. The molecule has 0 radical (unpaired) electrons. The summed E-state index contributed by atoms with van der Waals surface area (Å²) in [6.45, 7) is 5.03. The Bertz CT molecular complexity index is 892. The largest absolute Gasteiger partial charge is 0.462 e. The lowest BCUT2D eigenvalue weighted by molar-refractivity contribution is -0.117. The molecular weight excluding hydrogens is 394 g/mol. The zero-order chi connectivity index (χ0) is 21.5. The number of hydrogen-bond acceptors (Lipinski definition) is 6. The van der Waals surface area contributed by atoms with Crippen molar-refractivity contribution in [2.24, 2.45) is 0 Å². The summed E-state index contributed by atoms with van der Waals surface area (Å²) in [5, 5.41) is 2.59. The van der Waals surface area contributed by atoms with Crippen LogP contribution in [0.1, 0.15) is 23.7 Å². The van der Waals surface area contributed by atoms with Crippen molar-refractivity contribution in [2.45, 2.75) is 13.3 Å². The zero-order valence-corrected chi connectivity index (χ0v) is 16.7. The molecule has 0 saturated carbocycles. The highest BCUT2D eigenvalue weighted by atomic mass is 19.2. The molecule has 1 amide bonds. The number of carbonyl (C=O) groups excluding carboxylic acids is 2. The lowest BCUT2D eigenvalue weighted by Gasteiger charge is -2.22. The summed E-state index contributed by atoms with van der Waals surface area (Å²) in [4.78, 5) is 32.5. The Morgan fingerprint density at radius 1 is 1.10 bits per heavy atom. The summed E-state index contributed by atoms with van der Waals surface area (Å²) in [6.07, 6.45) is 2.34. The number of ether oxygens (including phenoxy) is 1. The van der Waals surface area contributed by atoms with Gasteiger partial charge in [0.05, 0.1) is 18.7 Å². The molecule has 160 valence electrons. The first kappa shape index (κ1) is 21.6. The summed E-state index contributed by atoms with van der Waals surface area (Å²) in [5.41, 5.74) is 0.632. The van der Waals surface area contributed by atoms with Gasteiger partial charge in [0.2, 0.25) is 5.91 Å². The van der Waals surface area contributed by atoms with Crippen molar-refractivity contribution in [3.8, 4) is 0 Å². The smallest absolute Gasteiger partial charge is 0.339 e. The Kier molecular flexibility index (Phi) is 7.29. The van der Waals surface area contributed by atoms with E-state index in [0.29, 0.717) is 25.3 Å². The Labute approximate surface area is 173 Å². The second-order valence-electron chi connectivity index (χ2n) is 6.92. The van der Waals surface area contributed by atoms with Gasteiger partial charge in [-0.15, -0.1) is 0 Å². The molecule has 1 saturated heterocycles. The molecule has 1 aliphatic rings. The normalized spacial score (nSPS) is 14.8. The number of amides is 1. The van der Waals surface area contributed by atoms with Gasteiger partial charge in [-0.25, -0.2) is 18.6 Å². The quantitative estimate of drug-likeness (QED) is 0.727. The number of esters is 1. The van der Waals surface area contributed by atoms with Gasteiger partial charge in [-0.2, -0.15) is 0 Å². The number of nitrogens with one attached hydrogen (secondary N) is 1. The summed E-state index contributed by atoms with van der Waals surface area (Å²) >= 11 is 0. The third-order valence-electron chi connectivity index (χ3n) is 4.74. The molecule has 7 nitrogen and oxygen atoms in total. The van der Waals surface area contributed by atoms with Crippen LogP contribution in [-0.2, 0) is 9.53 Å². The topological polar surface area (TPSA) is 74.8 Å². The Morgan fingerprint density at radius 3 is 2.63 bits per heavy atom. The predicted octanol–water partition coefficient (Wildman–Crippen LogP) is 2.69. The van der Waals surface area contributed by atoms with Crippen LogP contribution in [0.25, 0.3) is 0 Å². The van der Waals surface area contributed by atoms with E-state index in [9.17, 15) is 18.4 Å². The molecule has 1 aromatic heterocycles. The van der Waals surface area contributed by atoms with Gasteiger partial charge >= 0.3 is 5.97 Å². The van der Waals surface area contributed by atoms with Crippen LogP contribution in [0, 0.1) is 11.6 Å². The number of hydrogen-bond donors (Lipinski definition) is 1. The van der Waals surface area contributed by atoms with Crippen LogP contribution >= 0.6 is 0 Å². The molecule has 3 rings (SSSR count). The average Bonchev–Trinajstić information content (AvgIpc) is 2.96. The minimum atomic E-state index is -1.00. The molecule has 2 aromatic rings. The van der Waals surface area contributed by atoms with Gasteiger partial charge < -0.3 is 15.0 Å².